The highest BCUT2D eigenvalue weighted by Crippen LogP contribution is 2.43. The minimum Gasteiger partial charge on any atom is -0.481 e. The van der Waals surface area contributed by atoms with Crippen molar-refractivity contribution in [1.29, 1.82) is 0 Å². The Morgan fingerprint density at radius 1 is 1.71 bits per heavy atom. The molecule has 0 saturated heterocycles. The molecule has 2 rings (SSSR count). The number of carboxylic acids is 1. The molecule has 4 heteroatoms. The summed E-state index contributed by atoms with van der Waals surface area (Å²) in [6, 6.07) is 0. The number of carboxylic acid groups (broad SMARTS) is 1. The Balaban J connectivity index is 2.42. The first-order valence-corrected chi connectivity index (χ1v) is 5.53. The SMILES string of the molecule is CC1(C)Cc2ncsc2C(C(=O)O)C1. The number of rotatable bonds is 1. The Morgan fingerprint density at radius 2 is 2.43 bits per heavy atom. The first-order chi connectivity index (χ1) is 6.49. The highest BCUT2D eigenvalue weighted by atomic mass is 32.1. The van der Waals surface area contributed by atoms with Gasteiger partial charge in [0.05, 0.1) is 17.1 Å². The Morgan fingerprint density at radius 3 is 3.07 bits per heavy atom. The van der Waals surface area contributed by atoms with Crippen molar-refractivity contribution in [2.45, 2.75) is 32.6 Å². The van der Waals surface area contributed by atoms with E-state index in [0.717, 1.165) is 23.4 Å². The summed E-state index contributed by atoms with van der Waals surface area (Å²) >= 11 is 1.47. The monoisotopic (exact) mass is 211 g/mol. The molecular formula is C10H13NO2S. The molecule has 0 aliphatic heterocycles. The van der Waals surface area contributed by atoms with Crippen LogP contribution in [-0.4, -0.2) is 16.1 Å². The zero-order valence-electron chi connectivity index (χ0n) is 8.28. The lowest BCUT2D eigenvalue weighted by atomic mass is 9.74. The van der Waals surface area contributed by atoms with E-state index in [2.05, 4.69) is 18.8 Å². The predicted molar refractivity (Wildman–Crippen MR) is 54.6 cm³/mol. The third-order valence-corrected chi connectivity index (χ3v) is 3.67. The Kier molecular flexibility index (Phi) is 2.10. The van der Waals surface area contributed by atoms with Gasteiger partial charge in [-0.3, -0.25) is 4.79 Å². The molecule has 0 saturated carbocycles. The van der Waals surface area contributed by atoms with Crippen LogP contribution in [0.5, 0.6) is 0 Å². The van der Waals surface area contributed by atoms with Gasteiger partial charge in [-0.2, -0.15) is 0 Å². The molecule has 0 fully saturated rings. The van der Waals surface area contributed by atoms with Gasteiger partial charge in [-0.1, -0.05) is 13.8 Å². The first kappa shape index (κ1) is 9.65. The third-order valence-electron chi connectivity index (χ3n) is 2.69. The van der Waals surface area contributed by atoms with Crippen LogP contribution in [0.2, 0.25) is 0 Å². The van der Waals surface area contributed by atoms with Crippen LogP contribution in [0.15, 0.2) is 5.51 Å². The smallest absolute Gasteiger partial charge is 0.311 e. The largest absolute Gasteiger partial charge is 0.481 e. The standard InChI is InChI=1S/C10H13NO2S/c1-10(2)3-6(9(12)13)8-7(4-10)11-5-14-8/h5-6H,3-4H2,1-2H3,(H,12,13). The van der Waals surface area contributed by atoms with Crippen LogP contribution in [0.4, 0.5) is 0 Å². The summed E-state index contributed by atoms with van der Waals surface area (Å²) in [5.74, 6) is -1.07. The zero-order valence-corrected chi connectivity index (χ0v) is 9.10. The van der Waals surface area contributed by atoms with E-state index < -0.39 is 5.97 Å². The number of fused-ring (bicyclic) bond motifs is 1. The zero-order chi connectivity index (χ0) is 10.3. The Hall–Kier alpha value is -0.900. The lowest BCUT2D eigenvalue weighted by molar-refractivity contribution is -0.139. The topological polar surface area (TPSA) is 50.2 Å². The van der Waals surface area contributed by atoms with Gasteiger partial charge >= 0.3 is 5.97 Å². The molecular weight excluding hydrogens is 198 g/mol. The van der Waals surface area contributed by atoms with Gasteiger partial charge in [-0.15, -0.1) is 11.3 Å². The number of carbonyl (C=O) groups is 1. The van der Waals surface area contributed by atoms with Crippen LogP contribution in [0.3, 0.4) is 0 Å². The summed E-state index contributed by atoms with van der Waals surface area (Å²) in [7, 11) is 0. The molecule has 1 aliphatic rings. The van der Waals surface area contributed by atoms with Gasteiger partial charge in [0.25, 0.3) is 0 Å². The average molecular weight is 211 g/mol. The molecule has 0 aromatic carbocycles. The summed E-state index contributed by atoms with van der Waals surface area (Å²) in [5, 5.41) is 9.11. The van der Waals surface area contributed by atoms with Crippen molar-refractivity contribution in [2.24, 2.45) is 5.41 Å². The van der Waals surface area contributed by atoms with E-state index in [-0.39, 0.29) is 11.3 Å². The summed E-state index contributed by atoms with van der Waals surface area (Å²) in [4.78, 5) is 16.3. The van der Waals surface area contributed by atoms with Gasteiger partial charge in [0.1, 0.15) is 0 Å². The Bertz CT molecular complexity index is 370. The van der Waals surface area contributed by atoms with Crippen LogP contribution < -0.4 is 0 Å². The lowest BCUT2D eigenvalue weighted by Crippen LogP contribution is -2.28. The van der Waals surface area contributed by atoms with E-state index in [1.807, 2.05) is 0 Å². The molecule has 1 atom stereocenters. The van der Waals surface area contributed by atoms with Crippen molar-refractivity contribution in [3.63, 3.8) is 0 Å². The number of hydrogen-bond donors (Lipinski definition) is 1. The van der Waals surface area contributed by atoms with Crippen molar-refractivity contribution in [2.75, 3.05) is 0 Å². The molecule has 0 amide bonds. The minimum atomic E-state index is -0.719. The van der Waals surface area contributed by atoms with E-state index >= 15 is 0 Å². The minimum absolute atomic E-state index is 0.0597. The summed E-state index contributed by atoms with van der Waals surface area (Å²) < 4.78 is 0. The number of nitrogens with zero attached hydrogens (tertiary/aromatic N) is 1. The molecule has 3 nitrogen and oxygen atoms in total. The molecule has 14 heavy (non-hydrogen) atoms. The molecule has 1 aromatic rings. The third kappa shape index (κ3) is 1.54. The van der Waals surface area contributed by atoms with Crippen molar-refractivity contribution in [3.8, 4) is 0 Å². The van der Waals surface area contributed by atoms with Crippen molar-refractivity contribution < 1.29 is 9.90 Å². The fraction of sp³-hybridized carbons (Fsp3) is 0.600. The molecule has 0 bridgehead atoms. The molecule has 1 heterocycles. The fourth-order valence-electron chi connectivity index (χ4n) is 2.06. The van der Waals surface area contributed by atoms with Gasteiger partial charge in [0.2, 0.25) is 0 Å². The molecule has 1 aromatic heterocycles. The van der Waals surface area contributed by atoms with Crippen molar-refractivity contribution >= 4 is 17.3 Å². The average Bonchev–Trinajstić information content (AvgIpc) is 2.47. The van der Waals surface area contributed by atoms with Gasteiger partial charge < -0.3 is 5.11 Å². The van der Waals surface area contributed by atoms with Crippen molar-refractivity contribution in [1.82, 2.24) is 4.98 Å². The predicted octanol–water partition coefficient (Wildman–Crippen LogP) is 2.28. The van der Waals surface area contributed by atoms with Crippen LogP contribution >= 0.6 is 11.3 Å². The number of aromatic nitrogens is 1. The maximum atomic E-state index is 11.1. The van der Waals surface area contributed by atoms with E-state index in [1.54, 1.807) is 5.51 Å². The second-order valence-corrected chi connectivity index (χ2v) is 5.49. The van der Waals surface area contributed by atoms with Gasteiger partial charge in [0.15, 0.2) is 0 Å². The fourth-order valence-corrected chi connectivity index (χ4v) is 2.97. The van der Waals surface area contributed by atoms with Crippen molar-refractivity contribution in [3.05, 3.63) is 16.1 Å². The Labute approximate surface area is 86.8 Å². The van der Waals surface area contributed by atoms with Gasteiger partial charge in [-0.25, -0.2) is 4.98 Å². The molecule has 1 N–H and O–H groups in total. The quantitative estimate of drug-likeness (QED) is 0.775. The summed E-state index contributed by atoms with van der Waals surface area (Å²) in [6.45, 7) is 4.20. The number of thiazole rings is 1. The van der Waals surface area contributed by atoms with E-state index in [0.29, 0.717) is 0 Å². The normalized spacial score (nSPS) is 24.3. The number of aliphatic carboxylic acids is 1. The van der Waals surface area contributed by atoms with E-state index in [1.165, 1.54) is 11.3 Å². The van der Waals surface area contributed by atoms with E-state index in [9.17, 15) is 4.79 Å². The van der Waals surface area contributed by atoms with Gasteiger partial charge in [-0.05, 0) is 18.3 Å². The summed E-state index contributed by atoms with van der Waals surface area (Å²) in [6.07, 6.45) is 1.62. The highest BCUT2D eigenvalue weighted by molar-refractivity contribution is 7.10. The molecule has 1 unspecified atom stereocenters. The van der Waals surface area contributed by atoms with Crippen LogP contribution in [0.1, 0.15) is 36.8 Å². The highest BCUT2D eigenvalue weighted by Gasteiger charge is 2.37. The van der Waals surface area contributed by atoms with Crippen LogP contribution in [-0.2, 0) is 11.2 Å². The second-order valence-electron chi connectivity index (χ2n) is 4.60. The van der Waals surface area contributed by atoms with E-state index in [4.69, 9.17) is 5.11 Å². The first-order valence-electron chi connectivity index (χ1n) is 4.65. The number of hydrogen-bond acceptors (Lipinski definition) is 3. The molecule has 1 aliphatic carbocycles. The van der Waals surface area contributed by atoms with Crippen LogP contribution in [0, 0.1) is 5.41 Å². The van der Waals surface area contributed by atoms with Crippen LogP contribution in [0.25, 0.3) is 0 Å². The molecule has 0 radical (unpaired) electrons. The molecule has 76 valence electrons. The lowest BCUT2D eigenvalue weighted by Gasteiger charge is -2.32. The summed E-state index contributed by atoms with van der Waals surface area (Å²) in [5.41, 5.74) is 2.80. The maximum Gasteiger partial charge on any atom is 0.311 e. The second kappa shape index (κ2) is 3.05. The molecule has 0 spiro atoms. The maximum absolute atomic E-state index is 11.1. The van der Waals surface area contributed by atoms with Gasteiger partial charge in [0, 0.05) is 4.88 Å².